The summed E-state index contributed by atoms with van der Waals surface area (Å²) in [6.45, 7) is 3.58. The first-order valence-electron chi connectivity index (χ1n) is 6.86. The fraction of sp³-hybridized carbons (Fsp3) is 0.353. The predicted molar refractivity (Wildman–Crippen MR) is 78.7 cm³/mol. The number of unbranched alkanes of at least 4 members (excludes halogenated alkanes) is 1. The van der Waals surface area contributed by atoms with E-state index in [-0.39, 0.29) is 36.6 Å². The van der Waals surface area contributed by atoms with Crippen LogP contribution in [0.4, 0.5) is 0 Å². The fourth-order valence-corrected chi connectivity index (χ4v) is 1.86. The normalized spacial score (nSPS) is 10.0. The van der Waals surface area contributed by atoms with Crippen molar-refractivity contribution >= 4 is 17.3 Å². The molecule has 0 fully saturated rings. The maximum absolute atomic E-state index is 11.8. The second kappa shape index (κ2) is 8.97. The molecule has 0 aliphatic carbocycles. The molecule has 0 heterocycles. The van der Waals surface area contributed by atoms with Crippen LogP contribution in [0.5, 0.6) is 0 Å². The molecule has 3 nitrogen and oxygen atoms in total. The zero-order valence-corrected chi connectivity index (χ0v) is 11.6. The topological polar surface area (TPSA) is 51.2 Å². The average Bonchev–Trinajstić information content (AvgIpc) is 2.46. The summed E-state index contributed by atoms with van der Waals surface area (Å²) >= 11 is 0. The summed E-state index contributed by atoms with van der Waals surface area (Å²) in [5, 5.41) is 0. The molecule has 0 bridgehead atoms. The van der Waals surface area contributed by atoms with E-state index in [1.54, 1.807) is 30.3 Å². The van der Waals surface area contributed by atoms with Gasteiger partial charge in [0.1, 0.15) is 11.6 Å². The number of Topliss-reactive ketones (excluding diaryl/α,β-unsaturated/α-hetero) is 3. The maximum atomic E-state index is 11.8. The van der Waals surface area contributed by atoms with Crippen LogP contribution in [0.3, 0.4) is 0 Å². The Morgan fingerprint density at radius 3 is 2.25 bits per heavy atom. The molecule has 20 heavy (non-hydrogen) atoms. The Hall–Kier alpha value is -2.03. The monoisotopic (exact) mass is 272 g/mol. The molecule has 0 saturated carbocycles. The van der Waals surface area contributed by atoms with Gasteiger partial charge in [-0.3, -0.25) is 14.4 Å². The summed E-state index contributed by atoms with van der Waals surface area (Å²) in [6, 6.07) is 8.88. The van der Waals surface area contributed by atoms with Gasteiger partial charge in [0.2, 0.25) is 0 Å². The van der Waals surface area contributed by atoms with Crippen LogP contribution in [0.25, 0.3) is 0 Å². The van der Waals surface area contributed by atoms with Gasteiger partial charge in [-0.2, -0.15) is 0 Å². The third kappa shape index (κ3) is 6.23. The lowest BCUT2D eigenvalue weighted by atomic mass is 10.0. The molecule has 3 heteroatoms. The first-order chi connectivity index (χ1) is 9.63. The van der Waals surface area contributed by atoms with E-state index in [1.165, 1.54) is 0 Å². The fourth-order valence-electron chi connectivity index (χ4n) is 1.86. The van der Waals surface area contributed by atoms with Crippen molar-refractivity contribution in [2.24, 2.45) is 0 Å². The Labute approximate surface area is 119 Å². The molecule has 1 aromatic rings. The zero-order valence-electron chi connectivity index (χ0n) is 11.6. The summed E-state index contributed by atoms with van der Waals surface area (Å²) < 4.78 is 0. The Bertz CT molecular complexity index is 474. The maximum Gasteiger partial charge on any atom is 0.163 e. The lowest BCUT2D eigenvalue weighted by Crippen LogP contribution is -2.10. The van der Waals surface area contributed by atoms with Gasteiger partial charge >= 0.3 is 0 Å². The van der Waals surface area contributed by atoms with Gasteiger partial charge in [-0.1, -0.05) is 36.4 Å². The molecule has 0 unspecified atom stereocenters. The number of carbonyl (C=O) groups is 3. The summed E-state index contributed by atoms with van der Waals surface area (Å²) in [5.74, 6) is -0.264. The van der Waals surface area contributed by atoms with Crippen LogP contribution in [0, 0.1) is 0 Å². The van der Waals surface area contributed by atoms with E-state index in [2.05, 4.69) is 6.58 Å². The highest BCUT2D eigenvalue weighted by molar-refractivity contribution is 6.02. The second-order valence-corrected chi connectivity index (χ2v) is 4.72. The van der Waals surface area contributed by atoms with Crippen LogP contribution in [0.1, 0.15) is 48.9 Å². The molecule has 106 valence electrons. The van der Waals surface area contributed by atoms with Crippen molar-refractivity contribution < 1.29 is 14.4 Å². The summed E-state index contributed by atoms with van der Waals surface area (Å²) in [4.78, 5) is 34.9. The number of benzene rings is 1. The van der Waals surface area contributed by atoms with E-state index < -0.39 is 0 Å². The zero-order chi connectivity index (χ0) is 14.8. The lowest BCUT2D eigenvalue weighted by Gasteiger charge is -2.01. The standard InChI is InChI=1S/C17H20O3/c1-2-3-5-10-15(18)13-16(19)11-12-17(20)14-8-6-4-7-9-14/h2,4,6-9H,1,3,5,10-13H2. The quantitative estimate of drug-likeness (QED) is 0.283. The van der Waals surface area contributed by atoms with Gasteiger partial charge in [-0.05, 0) is 12.8 Å². The van der Waals surface area contributed by atoms with Crippen molar-refractivity contribution in [3.63, 3.8) is 0 Å². The minimum atomic E-state index is -0.155. The molecule has 0 aliphatic rings. The van der Waals surface area contributed by atoms with Crippen molar-refractivity contribution in [1.29, 1.82) is 0 Å². The van der Waals surface area contributed by atoms with E-state index in [4.69, 9.17) is 0 Å². The first kappa shape index (κ1) is 16.0. The molecular formula is C17H20O3. The van der Waals surface area contributed by atoms with Crippen LogP contribution in [0.15, 0.2) is 43.0 Å². The number of hydrogen-bond acceptors (Lipinski definition) is 3. The Morgan fingerprint density at radius 1 is 0.950 bits per heavy atom. The van der Waals surface area contributed by atoms with E-state index in [1.807, 2.05) is 6.07 Å². The summed E-state index contributed by atoms with van der Waals surface area (Å²) in [5.41, 5.74) is 0.609. The van der Waals surface area contributed by atoms with Crippen LogP contribution < -0.4 is 0 Å². The minimum absolute atomic E-state index is 0.0518. The Kier molecular flexibility index (Phi) is 7.18. The molecule has 1 aromatic carbocycles. The number of ketones is 3. The molecule has 1 rings (SSSR count). The van der Waals surface area contributed by atoms with E-state index in [0.29, 0.717) is 12.0 Å². The molecule has 0 aliphatic heterocycles. The van der Waals surface area contributed by atoms with E-state index in [9.17, 15) is 14.4 Å². The van der Waals surface area contributed by atoms with Crippen molar-refractivity contribution in [1.82, 2.24) is 0 Å². The highest BCUT2D eigenvalue weighted by Crippen LogP contribution is 2.08. The number of carbonyl (C=O) groups excluding carboxylic acids is 3. The van der Waals surface area contributed by atoms with Crippen molar-refractivity contribution in [2.75, 3.05) is 0 Å². The highest BCUT2D eigenvalue weighted by atomic mass is 16.1. The molecule has 0 spiro atoms. The van der Waals surface area contributed by atoms with Crippen LogP contribution >= 0.6 is 0 Å². The van der Waals surface area contributed by atoms with Crippen molar-refractivity contribution in [3.8, 4) is 0 Å². The van der Waals surface area contributed by atoms with Crippen LogP contribution in [-0.4, -0.2) is 17.3 Å². The number of hydrogen-bond donors (Lipinski definition) is 0. The molecule has 0 radical (unpaired) electrons. The van der Waals surface area contributed by atoms with E-state index in [0.717, 1.165) is 12.8 Å². The third-order valence-corrected chi connectivity index (χ3v) is 2.98. The SMILES string of the molecule is C=CCCCC(=O)CC(=O)CCC(=O)c1ccccc1. The van der Waals surface area contributed by atoms with Crippen LogP contribution in [-0.2, 0) is 9.59 Å². The Balaban J connectivity index is 2.28. The molecular weight excluding hydrogens is 252 g/mol. The van der Waals surface area contributed by atoms with Gasteiger partial charge in [0.15, 0.2) is 5.78 Å². The van der Waals surface area contributed by atoms with Gasteiger partial charge in [0.25, 0.3) is 0 Å². The Morgan fingerprint density at radius 2 is 1.60 bits per heavy atom. The largest absolute Gasteiger partial charge is 0.299 e. The lowest BCUT2D eigenvalue weighted by molar-refractivity contribution is -0.127. The van der Waals surface area contributed by atoms with E-state index >= 15 is 0 Å². The van der Waals surface area contributed by atoms with Gasteiger partial charge in [-0.25, -0.2) is 0 Å². The molecule has 0 N–H and O–H groups in total. The molecule has 0 amide bonds. The van der Waals surface area contributed by atoms with Gasteiger partial charge < -0.3 is 0 Å². The summed E-state index contributed by atoms with van der Waals surface area (Å²) in [7, 11) is 0. The highest BCUT2D eigenvalue weighted by Gasteiger charge is 2.12. The molecule has 0 atom stereocenters. The van der Waals surface area contributed by atoms with Gasteiger partial charge in [0, 0.05) is 24.8 Å². The molecule has 0 aromatic heterocycles. The second-order valence-electron chi connectivity index (χ2n) is 4.72. The van der Waals surface area contributed by atoms with Crippen molar-refractivity contribution in [2.45, 2.75) is 38.5 Å². The average molecular weight is 272 g/mol. The molecule has 0 saturated heterocycles. The smallest absolute Gasteiger partial charge is 0.163 e. The minimum Gasteiger partial charge on any atom is -0.299 e. The first-order valence-corrected chi connectivity index (χ1v) is 6.86. The predicted octanol–water partition coefficient (Wildman–Crippen LogP) is 3.53. The van der Waals surface area contributed by atoms with Gasteiger partial charge in [-0.15, -0.1) is 6.58 Å². The number of rotatable bonds is 10. The van der Waals surface area contributed by atoms with Crippen molar-refractivity contribution in [3.05, 3.63) is 48.6 Å². The van der Waals surface area contributed by atoms with Gasteiger partial charge in [0.05, 0.1) is 6.42 Å². The van der Waals surface area contributed by atoms with Crippen LogP contribution in [0.2, 0.25) is 0 Å². The number of allylic oxidation sites excluding steroid dienone is 1. The summed E-state index contributed by atoms with van der Waals surface area (Å²) in [6.07, 6.45) is 3.94. The third-order valence-electron chi connectivity index (χ3n) is 2.98.